The van der Waals surface area contributed by atoms with Gasteiger partial charge in [-0.3, -0.25) is 4.79 Å². The molecule has 1 aliphatic heterocycles. The monoisotopic (exact) mass is 373 g/mol. The highest BCUT2D eigenvalue weighted by Gasteiger charge is 2.31. The largest absolute Gasteiger partial charge is 0.327 e. The summed E-state index contributed by atoms with van der Waals surface area (Å²) in [6.45, 7) is 7.02. The number of nitrogens with zero attached hydrogens (tertiary/aromatic N) is 3. The lowest BCUT2D eigenvalue weighted by molar-refractivity contribution is -0.136. The predicted octanol–water partition coefficient (Wildman–Crippen LogP) is 2.96. The van der Waals surface area contributed by atoms with E-state index in [0.717, 1.165) is 5.56 Å². The molecule has 0 aliphatic carbocycles. The molecule has 1 heterocycles. The van der Waals surface area contributed by atoms with E-state index in [1.54, 1.807) is 21.9 Å². The average Bonchev–Trinajstić information content (AvgIpc) is 2.69. The minimum absolute atomic E-state index is 0.00668. The lowest BCUT2D eigenvalue weighted by Crippen LogP contribution is -2.48. The Morgan fingerprint density at radius 3 is 2.26 bits per heavy atom. The fourth-order valence-corrected chi connectivity index (χ4v) is 3.40. The van der Waals surface area contributed by atoms with Gasteiger partial charge in [0.05, 0.1) is 6.54 Å². The summed E-state index contributed by atoms with van der Waals surface area (Å²) in [6.07, 6.45) is 6.71. The van der Waals surface area contributed by atoms with Gasteiger partial charge in [-0.15, -0.1) is 6.42 Å². The van der Waals surface area contributed by atoms with Crippen molar-refractivity contribution in [2.24, 2.45) is 5.92 Å². The minimum Gasteiger partial charge on any atom is -0.327 e. The predicted molar refractivity (Wildman–Crippen MR) is 103 cm³/mol. The number of hydrogen-bond acceptors (Lipinski definition) is 2. The summed E-state index contributed by atoms with van der Waals surface area (Å²) in [7, 11) is 0. The molecule has 5 nitrogen and oxygen atoms in total. The number of carbonyl (C=O) groups excluding carboxylic acids is 2. The number of piperidine rings is 1. The molecular weight excluding hydrogens is 345 g/mol. The molecule has 2 rings (SSSR count). The molecule has 1 aromatic carbocycles. The summed E-state index contributed by atoms with van der Waals surface area (Å²) in [5.41, 5.74) is 0.842. The van der Waals surface area contributed by atoms with Crippen molar-refractivity contribution >= 4 is 11.9 Å². The smallest absolute Gasteiger partial charge is 0.319 e. The Labute approximate surface area is 161 Å². The van der Waals surface area contributed by atoms with E-state index in [9.17, 15) is 14.0 Å². The van der Waals surface area contributed by atoms with Crippen molar-refractivity contribution in [1.82, 2.24) is 14.7 Å². The second-order valence-electron chi connectivity index (χ2n) is 6.74. The number of terminal acetylenes is 1. The Bertz CT molecular complexity index is 672. The van der Waals surface area contributed by atoms with E-state index in [0.29, 0.717) is 45.6 Å². The van der Waals surface area contributed by atoms with Gasteiger partial charge < -0.3 is 14.7 Å². The van der Waals surface area contributed by atoms with E-state index in [2.05, 4.69) is 5.92 Å². The first kappa shape index (κ1) is 20.8. The van der Waals surface area contributed by atoms with Crippen molar-refractivity contribution in [2.45, 2.75) is 33.2 Å². The van der Waals surface area contributed by atoms with Gasteiger partial charge in [0.25, 0.3) is 0 Å². The molecule has 146 valence electrons. The van der Waals surface area contributed by atoms with Crippen molar-refractivity contribution in [1.29, 1.82) is 0 Å². The van der Waals surface area contributed by atoms with Crippen LogP contribution in [0.15, 0.2) is 24.3 Å². The Kier molecular flexibility index (Phi) is 7.66. The summed E-state index contributed by atoms with van der Waals surface area (Å²) in [5, 5.41) is 0. The van der Waals surface area contributed by atoms with Crippen LogP contribution in [-0.4, -0.2) is 59.4 Å². The standard InChI is InChI=1S/C21H28FN3O2/c1-4-13-25(16-17-7-9-19(22)10-8-17)20(26)18-11-14-24(15-12-18)21(27)23(5-2)6-3/h1,7-10,18H,5-6,11-16H2,2-3H3. The highest BCUT2D eigenvalue weighted by atomic mass is 19.1. The molecule has 0 atom stereocenters. The molecule has 1 fully saturated rings. The number of likely N-dealkylation sites (tertiary alicyclic amines) is 1. The van der Waals surface area contributed by atoms with Gasteiger partial charge in [0.1, 0.15) is 5.82 Å². The van der Waals surface area contributed by atoms with Gasteiger partial charge in [-0.25, -0.2) is 9.18 Å². The molecule has 3 amide bonds. The summed E-state index contributed by atoms with van der Waals surface area (Å²) in [6, 6.07) is 6.13. The third kappa shape index (κ3) is 5.46. The van der Waals surface area contributed by atoms with Crippen molar-refractivity contribution < 1.29 is 14.0 Å². The lowest BCUT2D eigenvalue weighted by Gasteiger charge is -2.36. The van der Waals surface area contributed by atoms with E-state index in [1.165, 1.54) is 12.1 Å². The molecule has 0 bridgehead atoms. The Balaban J connectivity index is 1.96. The number of rotatable bonds is 6. The average molecular weight is 373 g/mol. The third-order valence-corrected chi connectivity index (χ3v) is 5.03. The van der Waals surface area contributed by atoms with Gasteiger partial charge in [-0.2, -0.15) is 0 Å². The van der Waals surface area contributed by atoms with E-state index in [4.69, 9.17) is 6.42 Å². The van der Waals surface area contributed by atoms with Gasteiger partial charge >= 0.3 is 6.03 Å². The van der Waals surface area contributed by atoms with E-state index in [1.807, 2.05) is 18.7 Å². The second-order valence-corrected chi connectivity index (χ2v) is 6.74. The van der Waals surface area contributed by atoms with Crippen LogP contribution in [0.25, 0.3) is 0 Å². The zero-order chi connectivity index (χ0) is 19.8. The molecule has 0 radical (unpaired) electrons. The quantitative estimate of drug-likeness (QED) is 0.720. The van der Waals surface area contributed by atoms with Crippen LogP contribution in [0.5, 0.6) is 0 Å². The van der Waals surface area contributed by atoms with Gasteiger partial charge in [0.2, 0.25) is 5.91 Å². The summed E-state index contributed by atoms with van der Waals surface area (Å²) >= 11 is 0. The molecule has 1 aliphatic rings. The minimum atomic E-state index is -0.307. The molecule has 0 N–H and O–H groups in total. The van der Waals surface area contributed by atoms with Crippen molar-refractivity contribution in [3.8, 4) is 12.3 Å². The van der Waals surface area contributed by atoms with Crippen molar-refractivity contribution in [3.05, 3.63) is 35.6 Å². The van der Waals surface area contributed by atoms with E-state index >= 15 is 0 Å². The number of carbonyl (C=O) groups is 2. The second kappa shape index (κ2) is 9.96. The maximum atomic E-state index is 13.1. The van der Waals surface area contributed by atoms with Gasteiger partial charge in [0.15, 0.2) is 0 Å². The Morgan fingerprint density at radius 2 is 1.74 bits per heavy atom. The topological polar surface area (TPSA) is 43.9 Å². The van der Waals surface area contributed by atoms with Crippen LogP contribution in [0.4, 0.5) is 9.18 Å². The molecule has 6 heteroatoms. The first-order chi connectivity index (χ1) is 13.0. The van der Waals surface area contributed by atoms with Crippen LogP contribution in [0.3, 0.4) is 0 Å². The van der Waals surface area contributed by atoms with Crippen LogP contribution in [0.2, 0.25) is 0 Å². The molecule has 1 aromatic rings. The molecule has 0 unspecified atom stereocenters. The highest BCUT2D eigenvalue weighted by molar-refractivity contribution is 5.80. The van der Waals surface area contributed by atoms with E-state index in [-0.39, 0.29) is 30.2 Å². The number of benzene rings is 1. The third-order valence-electron chi connectivity index (χ3n) is 5.03. The van der Waals surface area contributed by atoms with Crippen LogP contribution >= 0.6 is 0 Å². The zero-order valence-corrected chi connectivity index (χ0v) is 16.2. The number of halogens is 1. The lowest BCUT2D eigenvalue weighted by atomic mass is 9.95. The van der Waals surface area contributed by atoms with Crippen LogP contribution in [-0.2, 0) is 11.3 Å². The Hall–Kier alpha value is -2.55. The summed E-state index contributed by atoms with van der Waals surface area (Å²) in [5.74, 6) is 2.10. The fraction of sp³-hybridized carbons (Fsp3) is 0.524. The molecule has 0 spiro atoms. The fourth-order valence-electron chi connectivity index (χ4n) is 3.40. The van der Waals surface area contributed by atoms with Gasteiger partial charge in [-0.05, 0) is 44.4 Å². The maximum absolute atomic E-state index is 13.1. The Morgan fingerprint density at radius 1 is 1.15 bits per heavy atom. The molecule has 1 saturated heterocycles. The van der Waals surface area contributed by atoms with Crippen molar-refractivity contribution in [3.63, 3.8) is 0 Å². The molecule has 0 saturated carbocycles. The highest BCUT2D eigenvalue weighted by Crippen LogP contribution is 2.22. The SMILES string of the molecule is C#CCN(Cc1ccc(F)cc1)C(=O)C1CCN(C(=O)N(CC)CC)CC1. The molecular formula is C21H28FN3O2. The van der Waals surface area contributed by atoms with Gasteiger partial charge in [-0.1, -0.05) is 18.1 Å². The van der Waals surface area contributed by atoms with E-state index < -0.39 is 0 Å². The number of amides is 3. The molecule has 27 heavy (non-hydrogen) atoms. The first-order valence-corrected chi connectivity index (χ1v) is 9.50. The first-order valence-electron chi connectivity index (χ1n) is 9.50. The summed E-state index contributed by atoms with van der Waals surface area (Å²) < 4.78 is 13.1. The molecule has 0 aromatic heterocycles. The number of hydrogen-bond donors (Lipinski definition) is 0. The van der Waals surface area contributed by atoms with Gasteiger partial charge in [0, 0.05) is 38.6 Å². The summed E-state index contributed by atoms with van der Waals surface area (Å²) in [4.78, 5) is 30.6. The zero-order valence-electron chi connectivity index (χ0n) is 16.2. The van der Waals surface area contributed by atoms with Crippen LogP contribution in [0, 0.1) is 24.1 Å². The maximum Gasteiger partial charge on any atom is 0.319 e. The number of urea groups is 1. The van der Waals surface area contributed by atoms with Crippen LogP contribution in [0.1, 0.15) is 32.3 Å². The van der Waals surface area contributed by atoms with Crippen LogP contribution < -0.4 is 0 Å². The van der Waals surface area contributed by atoms with Crippen molar-refractivity contribution in [2.75, 3.05) is 32.7 Å². The normalized spacial score (nSPS) is 14.5.